The van der Waals surface area contributed by atoms with Crippen LogP contribution in [0.2, 0.25) is 0 Å². The van der Waals surface area contributed by atoms with Crippen LogP contribution in [0.15, 0.2) is 11.6 Å². The SMILES string of the molecule is C[C@@H]1O[C@@H](O[C@H]2[C@H](O[C@H]3CC[C@]4(C)[C@H]5CC=C6[C@@H]7CC(C)(C)CC[C@]7(C(=O)O)CC[C@@]6(C)[C@]5(C)CC[C@H]4C3(C)C)OC[C@@H](O)[C@@H]2O)[C@H](O)[C@H](O[C@@H]2O[C@H](CO)[C@H](O)[C@H](O)[C@H]2O)[C@H]1O. The molecule has 0 radical (unpaired) electrons. The van der Waals surface area contributed by atoms with E-state index in [1.165, 1.54) is 12.5 Å². The normalized spacial score (nSPS) is 54.1. The van der Waals surface area contributed by atoms with Gasteiger partial charge in [0.05, 0.1) is 30.8 Å². The summed E-state index contributed by atoms with van der Waals surface area (Å²) in [6.45, 7) is 17.0. The molecule has 0 aromatic carbocycles. The molecule has 8 rings (SSSR count). The molecule has 22 atom stereocenters. The van der Waals surface area contributed by atoms with E-state index in [-0.39, 0.29) is 51.6 Å². The summed E-state index contributed by atoms with van der Waals surface area (Å²) in [5.74, 6) is 0.0213. The maximum absolute atomic E-state index is 13.1. The molecule has 0 aromatic rings. The quantitative estimate of drug-likeness (QED) is 0.125. The molecule has 3 aliphatic heterocycles. The van der Waals surface area contributed by atoms with Gasteiger partial charge in [-0.15, -0.1) is 0 Å². The fraction of sp³-hybridized carbons (Fsp3) is 0.936. The van der Waals surface area contributed by atoms with E-state index >= 15 is 0 Å². The average Bonchev–Trinajstić information content (AvgIpc) is 3.21. The molecule has 360 valence electrons. The second kappa shape index (κ2) is 16.7. The van der Waals surface area contributed by atoms with E-state index in [2.05, 4.69) is 54.5 Å². The van der Waals surface area contributed by atoms with Gasteiger partial charge in [-0.3, -0.25) is 4.79 Å². The minimum atomic E-state index is -1.80. The van der Waals surface area contributed by atoms with Crippen molar-refractivity contribution in [2.45, 2.75) is 212 Å². The molecule has 0 aromatic heterocycles. The van der Waals surface area contributed by atoms with Crippen molar-refractivity contribution >= 4 is 5.97 Å². The van der Waals surface area contributed by atoms with Gasteiger partial charge in [-0.05, 0) is 116 Å². The zero-order valence-corrected chi connectivity index (χ0v) is 38.3. The van der Waals surface area contributed by atoms with Crippen LogP contribution in [0.1, 0.15) is 120 Å². The fourth-order valence-corrected chi connectivity index (χ4v) is 14.8. The molecule has 0 spiro atoms. The molecule has 7 fully saturated rings. The van der Waals surface area contributed by atoms with Crippen LogP contribution >= 0.6 is 0 Å². The van der Waals surface area contributed by atoms with E-state index in [1.54, 1.807) is 0 Å². The van der Waals surface area contributed by atoms with E-state index < -0.39 is 104 Å². The van der Waals surface area contributed by atoms with E-state index in [4.69, 9.17) is 28.4 Å². The monoisotopic (exact) mass is 897 g/mol. The molecule has 0 amide bonds. The smallest absolute Gasteiger partial charge is 0.310 e. The standard InChI is InChI=1S/C47H76O16/c1-22-30(50)36(62-38-34(54)33(53)32(52)26(20-48)60-38)35(55)39(59-22)63-37-31(51)25(49)21-58-40(37)61-29-12-13-44(6)27(43(29,4)5)11-14-46(8)28(44)10-9-23-24-19-42(2,3)15-17-47(24,41(56)57)18-16-45(23,46)7/h9,22,24-40,48-55H,10-21H2,1-8H3,(H,56,57)/t22-,24-,25+,26+,27-,28+,29-,30-,31-,32-,33-,34+,35+,36+,37+,38-,39-,40-,44-,45+,46+,47-/m0/s1. The highest BCUT2D eigenvalue weighted by atomic mass is 16.8. The van der Waals surface area contributed by atoms with Crippen molar-refractivity contribution in [3.63, 3.8) is 0 Å². The Morgan fingerprint density at radius 1 is 0.714 bits per heavy atom. The third kappa shape index (κ3) is 7.51. The molecular formula is C47H76O16. The highest BCUT2D eigenvalue weighted by Crippen LogP contribution is 2.76. The molecule has 0 bridgehead atoms. The molecule has 3 saturated heterocycles. The predicted molar refractivity (Wildman–Crippen MR) is 223 cm³/mol. The van der Waals surface area contributed by atoms with Crippen molar-refractivity contribution < 1.29 is 79.2 Å². The second-order valence-electron chi connectivity index (χ2n) is 23.0. The number of rotatable bonds is 8. The van der Waals surface area contributed by atoms with E-state index in [0.717, 1.165) is 51.4 Å². The van der Waals surface area contributed by atoms with Crippen molar-refractivity contribution in [1.82, 2.24) is 0 Å². The first-order chi connectivity index (χ1) is 29.4. The fourth-order valence-electron chi connectivity index (χ4n) is 14.8. The predicted octanol–water partition coefficient (Wildman–Crippen LogP) is 2.37. The van der Waals surface area contributed by atoms with Gasteiger partial charge in [-0.2, -0.15) is 0 Å². The summed E-state index contributed by atoms with van der Waals surface area (Å²) < 4.78 is 36.3. The van der Waals surface area contributed by atoms with Crippen LogP contribution in [0.25, 0.3) is 0 Å². The minimum Gasteiger partial charge on any atom is -0.481 e. The van der Waals surface area contributed by atoms with Crippen molar-refractivity contribution in [2.75, 3.05) is 13.2 Å². The van der Waals surface area contributed by atoms with Crippen molar-refractivity contribution in [1.29, 1.82) is 0 Å². The van der Waals surface area contributed by atoms with Gasteiger partial charge in [0.2, 0.25) is 0 Å². The average molecular weight is 897 g/mol. The summed E-state index contributed by atoms with van der Waals surface area (Å²) in [7, 11) is 0. The molecule has 9 N–H and O–H groups in total. The van der Waals surface area contributed by atoms with Crippen LogP contribution in [-0.4, -0.2) is 157 Å². The Labute approximate surface area is 371 Å². The Morgan fingerprint density at radius 3 is 2.06 bits per heavy atom. The van der Waals surface area contributed by atoms with Gasteiger partial charge in [0.1, 0.15) is 61.0 Å². The molecule has 0 unspecified atom stereocenters. The second-order valence-corrected chi connectivity index (χ2v) is 23.0. The Balaban J connectivity index is 0.999. The Bertz CT molecular complexity index is 1720. The van der Waals surface area contributed by atoms with Gasteiger partial charge < -0.3 is 74.4 Å². The molecule has 5 aliphatic carbocycles. The van der Waals surface area contributed by atoms with Crippen LogP contribution in [0, 0.1) is 50.2 Å². The van der Waals surface area contributed by atoms with Crippen LogP contribution in [-0.2, 0) is 33.2 Å². The van der Waals surface area contributed by atoms with Crippen molar-refractivity contribution in [2.24, 2.45) is 50.2 Å². The first-order valence-electron chi connectivity index (χ1n) is 23.6. The molecule has 63 heavy (non-hydrogen) atoms. The third-order valence-corrected chi connectivity index (χ3v) is 18.9. The molecule has 16 nitrogen and oxygen atoms in total. The Hall–Kier alpha value is -1.35. The number of ether oxygens (including phenoxy) is 6. The van der Waals surface area contributed by atoms with Gasteiger partial charge >= 0.3 is 5.97 Å². The summed E-state index contributed by atoms with van der Waals surface area (Å²) in [6.07, 6.45) is -10.3. The van der Waals surface area contributed by atoms with Crippen LogP contribution in [0.5, 0.6) is 0 Å². The number of carboxylic acid groups (broad SMARTS) is 1. The maximum atomic E-state index is 13.1. The summed E-state index contributed by atoms with van der Waals surface area (Å²) in [5.41, 5.74) is 0.208. The molecule has 16 heteroatoms. The van der Waals surface area contributed by atoms with Crippen LogP contribution < -0.4 is 0 Å². The lowest BCUT2D eigenvalue weighted by Gasteiger charge is -2.71. The molecule has 4 saturated carbocycles. The van der Waals surface area contributed by atoms with Gasteiger partial charge in [0, 0.05) is 0 Å². The number of aliphatic hydroxyl groups excluding tert-OH is 8. The van der Waals surface area contributed by atoms with E-state index in [1.807, 2.05) is 0 Å². The van der Waals surface area contributed by atoms with Crippen LogP contribution in [0.3, 0.4) is 0 Å². The number of aliphatic carboxylic acids is 1. The summed E-state index contributed by atoms with van der Waals surface area (Å²) in [4.78, 5) is 13.1. The van der Waals surface area contributed by atoms with Crippen molar-refractivity contribution in [3.8, 4) is 0 Å². The maximum Gasteiger partial charge on any atom is 0.310 e. The highest BCUT2D eigenvalue weighted by molar-refractivity contribution is 5.76. The number of allylic oxidation sites excluding steroid dienone is 2. The number of hydrogen-bond donors (Lipinski definition) is 9. The number of carboxylic acids is 1. The largest absolute Gasteiger partial charge is 0.481 e. The summed E-state index contributed by atoms with van der Waals surface area (Å²) in [5, 5.41) is 96.4. The molecule has 8 aliphatic rings. The van der Waals surface area contributed by atoms with E-state index in [9.17, 15) is 50.8 Å². The number of carbonyl (C=O) groups is 1. The Kier molecular flexibility index (Phi) is 12.8. The number of aliphatic hydroxyl groups is 8. The van der Waals surface area contributed by atoms with Crippen LogP contribution in [0.4, 0.5) is 0 Å². The van der Waals surface area contributed by atoms with Gasteiger partial charge in [-0.1, -0.05) is 60.1 Å². The van der Waals surface area contributed by atoms with Gasteiger partial charge in [-0.25, -0.2) is 0 Å². The lowest BCUT2D eigenvalue weighted by molar-refractivity contribution is -0.382. The molecule has 3 heterocycles. The van der Waals surface area contributed by atoms with Crippen molar-refractivity contribution in [3.05, 3.63) is 11.6 Å². The first-order valence-corrected chi connectivity index (χ1v) is 23.6. The number of hydrogen-bond acceptors (Lipinski definition) is 15. The lowest BCUT2D eigenvalue weighted by atomic mass is 9.33. The zero-order valence-electron chi connectivity index (χ0n) is 38.3. The zero-order chi connectivity index (χ0) is 46.0. The minimum absolute atomic E-state index is 0.0278. The Morgan fingerprint density at radius 2 is 1.38 bits per heavy atom. The topological polar surface area (TPSA) is 255 Å². The summed E-state index contributed by atoms with van der Waals surface area (Å²) >= 11 is 0. The highest BCUT2D eigenvalue weighted by Gasteiger charge is 2.70. The van der Waals surface area contributed by atoms with Gasteiger partial charge in [0.25, 0.3) is 0 Å². The van der Waals surface area contributed by atoms with E-state index in [0.29, 0.717) is 18.8 Å². The first kappa shape index (κ1) is 48.1. The summed E-state index contributed by atoms with van der Waals surface area (Å²) in [6, 6.07) is 0. The number of fused-ring (bicyclic) bond motifs is 7. The molecular weight excluding hydrogens is 821 g/mol. The van der Waals surface area contributed by atoms with Gasteiger partial charge in [0.15, 0.2) is 18.9 Å². The lowest BCUT2D eigenvalue weighted by Crippen LogP contribution is -2.66. The third-order valence-electron chi connectivity index (χ3n) is 18.9.